The first-order valence-corrected chi connectivity index (χ1v) is 18.6. The van der Waals surface area contributed by atoms with Gasteiger partial charge in [0.2, 0.25) is 5.91 Å². The van der Waals surface area contributed by atoms with Crippen molar-refractivity contribution in [1.82, 2.24) is 20.4 Å². The fraction of sp³-hybridized carbons (Fsp3) is 0.405. The maximum absolute atomic E-state index is 13.7. The molecule has 0 saturated heterocycles. The van der Waals surface area contributed by atoms with E-state index in [-0.39, 0.29) is 48.0 Å². The number of carbonyl (C=O) groups is 3. The standard InChI is InChI=1S/C42H49N5O5/c48-40(45-35-21-11-13-23-39(35)52-30-33-18-8-3-9-19-33)28-47-37(26-36(46-47)41(49)43-25-24-31-14-4-1-5-15-31)42(50)44-27-34-20-10-12-22-38(34)51-29-32-16-6-2-7-17-32/h1-9,14-19,26-27,34-35,38-39H,10-13,20-25,28-30H2,(H,43,49)(H,45,48)/t34-,35+,38+,39?/m1/s1. The van der Waals surface area contributed by atoms with E-state index in [4.69, 9.17) is 9.47 Å². The zero-order chi connectivity index (χ0) is 36.0. The van der Waals surface area contributed by atoms with Crippen molar-refractivity contribution in [2.24, 2.45) is 10.9 Å². The van der Waals surface area contributed by atoms with E-state index in [1.54, 1.807) is 6.21 Å². The van der Waals surface area contributed by atoms with Crippen molar-refractivity contribution in [3.63, 3.8) is 0 Å². The summed E-state index contributed by atoms with van der Waals surface area (Å²) < 4.78 is 13.9. The molecule has 6 rings (SSSR count). The van der Waals surface area contributed by atoms with Crippen molar-refractivity contribution in [2.45, 2.75) is 95.8 Å². The topological polar surface area (TPSA) is 124 Å². The van der Waals surface area contributed by atoms with Crippen LogP contribution < -0.4 is 10.6 Å². The molecular formula is C42H49N5O5. The van der Waals surface area contributed by atoms with E-state index in [0.29, 0.717) is 26.2 Å². The van der Waals surface area contributed by atoms with Crippen LogP contribution in [-0.2, 0) is 40.4 Å². The predicted octanol–water partition coefficient (Wildman–Crippen LogP) is 6.49. The Morgan fingerprint density at radius 1 is 0.750 bits per heavy atom. The molecule has 0 bridgehead atoms. The fourth-order valence-corrected chi connectivity index (χ4v) is 7.01. The third kappa shape index (κ3) is 10.8. The Labute approximate surface area is 306 Å². The van der Waals surface area contributed by atoms with E-state index in [0.717, 1.165) is 68.1 Å². The van der Waals surface area contributed by atoms with Crippen LogP contribution in [0.1, 0.15) is 89.0 Å². The number of benzene rings is 3. The largest absolute Gasteiger partial charge is 0.373 e. The molecule has 3 aromatic carbocycles. The van der Waals surface area contributed by atoms with Crippen LogP contribution in [-0.4, -0.2) is 58.5 Å². The molecule has 0 radical (unpaired) electrons. The summed E-state index contributed by atoms with van der Waals surface area (Å²) in [5, 5.41) is 10.5. The number of aromatic nitrogens is 2. The summed E-state index contributed by atoms with van der Waals surface area (Å²) in [6.07, 6.45) is 9.65. The minimum atomic E-state index is -0.558. The number of aliphatic imine (C=N–C) groups is 1. The van der Waals surface area contributed by atoms with Crippen LogP contribution in [0.2, 0.25) is 0 Å². The van der Waals surface area contributed by atoms with E-state index in [9.17, 15) is 14.4 Å². The van der Waals surface area contributed by atoms with Gasteiger partial charge in [0.05, 0.1) is 31.5 Å². The van der Waals surface area contributed by atoms with Crippen LogP contribution in [0.15, 0.2) is 102 Å². The molecule has 4 atom stereocenters. The molecule has 0 spiro atoms. The van der Waals surface area contributed by atoms with Gasteiger partial charge in [-0.3, -0.25) is 14.4 Å². The second kappa shape index (κ2) is 19.1. The lowest BCUT2D eigenvalue weighted by atomic mass is 9.87. The van der Waals surface area contributed by atoms with E-state index in [2.05, 4.69) is 20.7 Å². The van der Waals surface area contributed by atoms with Gasteiger partial charge in [0.1, 0.15) is 12.2 Å². The zero-order valence-corrected chi connectivity index (χ0v) is 29.7. The Balaban J connectivity index is 1.13. The van der Waals surface area contributed by atoms with Gasteiger partial charge in [0, 0.05) is 24.7 Å². The lowest BCUT2D eigenvalue weighted by Gasteiger charge is -2.32. The molecule has 0 aliphatic heterocycles. The van der Waals surface area contributed by atoms with Gasteiger partial charge in [-0.1, -0.05) is 117 Å². The first-order chi connectivity index (χ1) is 25.5. The monoisotopic (exact) mass is 703 g/mol. The molecular weight excluding hydrogens is 654 g/mol. The van der Waals surface area contributed by atoms with E-state index in [1.807, 2.05) is 91.0 Å². The number of nitrogens with one attached hydrogen (secondary N) is 2. The van der Waals surface area contributed by atoms with Crippen molar-refractivity contribution in [3.05, 3.63) is 125 Å². The van der Waals surface area contributed by atoms with Crippen molar-refractivity contribution in [1.29, 1.82) is 0 Å². The SMILES string of the molecule is O=C(Cn1nc(C(=O)NCCc2ccccc2)cc1C(=O)N=C[C@H]1CCCC[C@@H]1OCc1ccccc1)N[C@H]1CCCCC1OCc1ccccc1. The van der Waals surface area contributed by atoms with Gasteiger partial charge in [0.25, 0.3) is 11.8 Å². The van der Waals surface area contributed by atoms with Gasteiger partial charge >= 0.3 is 0 Å². The van der Waals surface area contributed by atoms with Crippen LogP contribution >= 0.6 is 0 Å². The second-order valence-corrected chi connectivity index (χ2v) is 13.7. The van der Waals surface area contributed by atoms with Gasteiger partial charge in [-0.05, 0) is 48.8 Å². The molecule has 10 nitrogen and oxygen atoms in total. The smallest absolute Gasteiger partial charge is 0.294 e. The molecule has 2 saturated carbocycles. The van der Waals surface area contributed by atoms with Crippen LogP contribution in [0, 0.1) is 5.92 Å². The fourth-order valence-electron chi connectivity index (χ4n) is 7.01. The number of ether oxygens (including phenoxy) is 2. The summed E-state index contributed by atoms with van der Waals surface area (Å²) in [6, 6.07) is 31.2. The van der Waals surface area contributed by atoms with Crippen molar-refractivity contribution in [2.75, 3.05) is 6.54 Å². The molecule has 2 aliphatic rings. The zero-order valence-electron chi connectivity index (χ0n) is 29.7. The number of carbonyl (C=O) groups excluding carboxylic acids is 3. The Bertz CT molecular complexity index is 1760. The quantitative estimate of drug-likeness (QED) is 0.137. The Morgan fingerprint density at radius 2 is 1.33 bits per heavy atom. The molecule has 3 amide bonds. The highest BCUT2D eigenvalue weighted by Crippen LogP contribution is 2.27. The van der Waals surface area contributed by atoms with E-state index in [1.165, 1.54) is 10.7 Å². The summed E-state index contributed by atoms with van der Waals surface area (Å²) in [6.45, 7) is 1.13. The molecule has 1 unspecified atom stereocenters. The van der Waals surface area contributed by atoms with Crippen LogP contribution in [0.4, 0.5) is 0 Å². The van der Waals surface area contributed by atoms with Crippen molar-refractivity contribution >= 4 is 23.9 Å². The summed E-state index contributed by atoms with van der Waals surface area (Å²) in [5.74, 6) is -1.31. The highest BCUT2D eigenvalue weighted by molar-refractivity contribution is 6.01. The lowest BCUT2D eigenvalue weighted by molar-refractivity contribution is -0.124. The number of hydrogen-bond acceptors (Lipinski definition) is 6. The minimum absolute atomic E-state index is 0.0269. The first-order valence-electron chi connectivity index (χ1n) is 18.6. The van der Waals surface area contributed by atoms with Gasteiger partial charge in [-0.15, -0.1) is 0 Å². The van der Waals surface area contributed by atoms with Crippen LogP contribution in [0.25, 0.3) is 0 Å². The van der Waals surface area contributed by atoms with E-state index >= 15 is 0 Å². The highest BCUT2D eigenvalue weighted by Gasteiger charge is 2.29. The third-order valence-corrected chi connectivity index (χ3v) is 9.87. The molecule has 10 heteroatoms. The number of hydrogen-bond donors (Lipinski definition) is 2. The van der Waals surface area contributed by atoms with Gasteiger partial charge in [-0.2, -0.15) is 5.10 Å². The molecule has 4 aromatic rings. The summed E-state index contributed by atoms with van der Waals surface area (Å²) in [5.41, 5.74) is 3.41. The highest BCUT2D eigenvalue weighted by atomic mass is 16.5. The Morgan fingerprint density at radius 3 is 2.00 bits per heavy atom. The Kier molecular flexibility index (Phi) is 13.5. The number of nitrogens with zero attached hydrogens (tertiary/aromatic N) is 3. The van der Waals surface area contributed by atoms with Crippen LogP contribution in [0.5, 0.6) is 0 Å². The minimum Gasteiger partial charge on any atom is -0.373 e. The van der Waals surface area contributed by atoms with Crippen molar-refractivity contribution in [3.8, 4) is 0 Å². The van der Waals surface area contributed by atoms with Crippen LogP contribution in [0.3, 0.4) is 0 Å². The summed E-state index contributed by atoms with van der Waals surface area (Å²) in [4.78, 5) is 44.8. The average molecular weight is 704 g/mol. The molecule has 1 heterocycles. The van der Waals surface area contributed by atoms with Gasteiger partial charge < -0.3 is 20.1 Å². The first kappa shape index (κ1) is 36.8. The molecule has 2 aliphatic carbocycles. The maximum atomic E-state index is 13.7. The number of amides is 3. The maximum Gasteiger partial charge on any atom is 0.294 e. The third-order valence-electron chi connectivity index (χ3n) is 9.87. The van der Waals surface area contributed by atoms with E-state index < -0.39 is 11.8 Å². The molecule has 1 aromatic heterocycles. The molecule has 2 N–H and O–H groups in total. The number of rotatable bonds is 15. The van der Waals surface area contributed by atoms with Gasteiger partial charge in [-0.25, -0.2) is 9.67 Å². The van der Waals surface area contributed by atoms with Crippen molar-refractivity contribution < 1.29 is 23.9 Å². The summed E-state index contributed by atoms with van der Waals surface area (Å²) >= 11 is 0. The lowest BCUT2D eigenvalue weighted by Crippen LogP contribution is -2.47. The Hall–Kier alpha value is -4.93. The predicted molar refractivity (Wildman–Crippen MR) is 200 cm³/mol. The normalized spacial score (nSPS) is 20.4. The average Bonchev–Trinajstić information content (AvgIpc) is 3.61. The molecule has 52 heavy (non-hydrogen) atoms. The second-order valence-electron chi connectivity index (χ2n) is 13.7. The molecule has 272 valence electrons. The molecule has 2 fully saturated rings. The summed E-state index contributed by atoms with van der Waals surface area (Å²) in [7, 11) is 0. The van der Waals surface area contributed by atoms with Gasteiger partial charge in [0.15, 0.2) is 5.69 Å².